The maximum absolute atomic E-state index is 4.46. The molecule has 0 aliphatic rings. The molecule has 0 spiro atoms. The van der Waals surface area contributed by atoms with Crippen LogP contribution in [0.4, 0.5) is 5.95 Å². The van der Waals surface area contributed by atoms with E-state index in [0.29, 0.717) is 6.54 Å². The number of benzene rings is 1. The second-order valence-corrected chi connectivity index (χ2v) is 5.23. The van der Waals surface area contributed by atoms with E-state index in [2.05, 4.69) is 27.2 Å². The van der Waals surface area contributed by atoms with E-state index >= 15 is 0 Å². The van der Waals surface area contributed by atoms with Crippen LogP contribution in [0, 0.1) is 0 Å². The summed E-state index contributed by atoms with van der Waals surface area (Å²) < 4.78 is 0. The van der Waals surface area contributed by atoms with Crippen molar-refractivity contribution in [1.29, 1.82) is 0 Å². The number of aromatic nitrogens is 3. The molecule has 92 valence electrons. The first kappa shape index (κ1) is 11.2. The average molecular weight is 258 g/mol. The van der Waals surface area contributed by atoms with Gasteiger partial charge in [-0.25, -0.2) is 9.97 Å². The summed E-state index contributed by atoms with van der Waals surface area (Å²) in [7, 11) is 0. The molecule has 0 aliphatic heterocycles. The fraction of sp³-hybridized carbons (Fsp3) is 0.231. The first-order chi connectivity index (χ1) is 8.85. The molecule has 2 aromatic heterocycles. The fourth-order valence-electron chi connectivity index (χ4n) is 1.79. The molecule has 0 aliphatic carbocycles. The van der Waals surface area contributed by atoms with E-state index in [1.165, 1.54) is 4.88 Å². The van der Waals surface area contributed by atoms with E-state index in [1.807, 2.05) is 30.5 Å². The lowest BCUT2D eigenvalue weighted by Crippen LogP contribution is -1.99. The summed E-state index contributed by atoms with van der Waals surface area (Å²) in [5.41, 5.74) is 2.03. The third kappa shape index (κ3) is 2.22. The minimum atomic E-state index is 0.713. The minimum Gasteiger partial charge on any atom is -0.349 e. The summed E-state index contributed by atoms with van der Waals surface area (Å²) in [6.07, 6.45) is 2.99. The lowest BCUT2D eigenvalue weighted by molar-refractivity contribution is 1.06. The normalized spacial score (nSPS) is 10.9. The van der Waals surface area contributed by atoms with Gasteiger partial charge in [0.2, 0.25) is 5.95 Å². The van der Waals surface area contributed by atoms with Crippen LogP contribution in [0.15, 0.2) is 30.5 Å². The van der Waals surface area contributed by atoms with Gasteiger partial charge in [0, 0.05) is 11.1 Å². The van der Waals surface area contributed by atoms with Gasteiger partial charge in [-0.15, -0.1) is 11.3 Å². The molecule has 0 saturated carbocycles. The summed E-state index contributed by atoms with van der Waals surface area (Å²) >= 11 is 1.74. The number of hydrogen-bond acceptors (Lipinski definition) is 4. The number of thiazole rings is 1. The topological polar surface area (TPSA) is 53.6 Å². The molecule has 0 amide bonds. The van der Waals surface area contributed by atoms with Crippen LogP contribution in [-0.4, -0.2) is 15.0 Å². The van der Waals surface area contributed by atoms with Gasteiger partial charge in [0.1, 0.15) is 5.01 Å². The maximum atomic E-state index is 4.46. The molecular formula is C13H14N4S. The van der Waals surface area contributed by atoms with Gasteiger partial charge in [0.25, 0.3) is 0 Å². The summed E-state index contributed by atoms with van der Waals surface area (Å²) in [5, 5.41) is 4.36. The third-order valence-electron chi connectivity index (χ3n) is 2.75. The Morgan fingerprint density at radius 2 is 2.22 bits per heavy atom. The number of aryl methyl sites for hydroxylation is 1. The van der Waals surface area contributed by atoms with Gasteiger partial charge in [-0.05, 0) is 18.6 Å². The van der Waals surface area contributed by atoms with E-state index in [-0.39, 0.29) is 0 Å². The Balaban J connectivity index is 1.72. The number of anilines is 1. The van der Waals surface area contributed by atoms with Crippen molar-refractivity contribution in [2.45, 2.75) is 19.9 Å². The molecule has 18 heavy (non-hydrogen) atoms. The Bertz CT molecular complexity index is 623. The number of aromatic amines is 1. The van der Waals surface area contributed by atoms with Crippen LogP contribution in [0.25, 0.3) is 11.0 Å². The first-order valence-electron chi connectivity index (χ1n) is 5.97. The molecule has 3 aromatic rings. The maximum Gasteiger partial charge on any atom is 0.201 e. The molecule has 0 radical (unpaired) electrons. The van der Waals surface area contributed by atoms with Crippen molar-refractivity contribution >= 4 is 28.3 Å². The lowest BCUT2D eigenvalue weighted by atomic mass is 10.3. The zero-order chi connectivity index (χ0) is 12.4. The molecule has 3 rings (SSSR count). The van der Waals surface area contributed by atoms with Crippen LogP contribution in [0.2, 0.25) is 0 Å². The van der Waals surface area contributed by atoms with Crippen molar-refractivity contribution in [3.05, 3.63) is 40.3 Å². The van der Waals surface area contributed by atoms with E-state index in [9.17, 15) is 0 Å². The van der Waals surface area contributed by atoms with Crippen LogP contribution in [0.1, 0.15) is 16.8 Å². The zero-order valence-corrected chi connectivity index (χ0v) is 10.9. The molecule has 1 aromatic carbocycles. The van der Waals surface area contributed by atoms with E-state index < -0.39 is 0 Å². The molecule has 0 bridgehead atoms. The highest BCUT2D eigenvalue weighted by Gasteiger charge is 2.03. The third-order valence-corrected chi connectivity index (χ3v) is 3.89. The average Bonchev–Trinajstić information content (AvgIpc) is 3.02. The molecule has 5 heteroatoms. The Kier molecular flexibility index (Phi) is 2.98. The molecule has 2 N–H and O–H groups in total. The smallest absolute Gasteiger partial charge is 0.201 e. The highest BCUT2D eigenvalue weighted by Crippen LogP contribution is 2.16. The SMILES string of the molecule is CCc1cnc(CNc2nc3ccccc3[nH]2)s1. The Morgan fingerprint density at radius 3 is 3.00 bits per heavy atom. The number of H-pyrrole nitrogens is 1. The number of rotatable bonds is 4. The van der Waals surface area contributed by atoms with Gasteiger partial charge in [-0.2, -0.15) is 0 Å². The summed E-state index contributed by atoms with van der Waals surface area (Å²) in [6.45, 7) is 2.86. The molecule has 0 atom stereocenters. The second kappa shape index (κ2) is 4.78. The van der Waals surface area contributed by atoms with Gasteiger partial charge in [-0.3, -0.25) is 0 Å². The van der Waals surface area contributed by atoms with Crippen LogP contribution in [-0.2, 0) is 13.0 Å². The highest BCUT2D eigenvalue weighted by atomic mass is 32.1. The minimum absolute atomic E-state index is 0.713. The Hall–Kier alpha value is -1.88. The van der Waals surface area contributed by atoms with Crippen LogP contribution >= 0.6 is 11.3 Å². The lowest BCUT2D eigenvalue weighted by Gasteiger charge is -1.97. The van der Waals surface area contributed by atoms with E-state index in [0.717, 1.165) is 28.4 Å². The predicted octanol–water partition coefficient (Wildman–Crippen LogP) is 3.19. The molecule has 4 nitrogen and oxygen atoms in total. The van der Waals surface area contributed by atoms with Gasteiger partial charge < -0.3 is 10.3 Å². The van der Waals surface area contributed by atoms with Crippen LogP contribution in [0.5, 0.6) is 0 Å². The van der Waals surface area contributed by atoms with Crippen molar-refractivity contribution in [3.8, 4) is 0 Å². The highest BCUT2D eigenvalue weighted by molar-refractivity contribution is 7.11. The molecule has 0 fully saturated rings. The second-order valence-electron chi connectivity index (χ2n) is 4.03. The first-order valence-corrected chi connectivity index (χ1v) is 6.79. The van der Waals surface area contributed by atoms with Crippen molar-refractivity contribution in [1.82, 2.24) is 15.0 Å². The van der Waals surface area contributed by atoms with Crippen molar-refractivity contribution in [2.75, 3.05) is 5.32 Å². The van der Waals surface area contributed by atoms with Gasteiger partial charge >= 0.3 is 0 Å². The fourth-order valence-corrected chi connectivity index (χ4v) is 2.59. The van der Waals surface area contributed by atoms with Crippen molar-refractivity contribution < 1.29 is 0 Å². The summed E-state index contributed by atoms with van der Waals surface area (Å²) in [6, 6.07) is 8.00. The number of fused-ring (bicyclic) bond motifs is 1. The monoisotopic (exact) mass is 258 g/mol. The van der Waals surface area contributed by atoms with Crippen molar-refractivity contribution in [3.63, 3.8) is 0 Å². The Labute approximate surface area is 109 Å². The predicted molar refractivity (Wildman–Crippen MR) is 74.9 cm³/mol. The van der Waals surface area contributed by atoms with Gasteiger partial charge in [-0.1, -0.05) is 19.1 Å². The largest absolute Gasteiger partial charge is 0.349 e. The van der Waals surface area contributed by atoms with Crippen LogP contribution in [0.3, 0.4) is 0 Å². The molecular weight excluding hydrogens is 244 g/mol. The standard InChI is InChI=1S/C13H14N4S/c1-2-9-7-14-12(18-9)8-15-13-16-10-5-3-4-6-11(10)17-13/h3-7H,2,8H2,1H3,(H2,15,16,17). The number of para-hydroxylation sites is 2. The number of hydrogen-bond donors (Lipinski definition) is 2. The van der Waals surface area contributed by atoms with Crippen LogP contribution < -0.4 is 5.32 Å². The quantitative estimate of drug-likeness (QED) is 0.755. The van der Waals surface area contributed by atoms with E-state index in [4.69, 9.17) is 0 Å². The summed E-state index contributed by atoms with van der Waals surface area (Å²) in [5.74, 6) is 0.796. The van der Waals surface area contributed by atoms with E-state index in [1.54, 1.807) is 11.3 Å². The van der Waals surface area contributed by atoms with Crippen molar-refractivity contribution in [2.24, 2.45) is 0 Å². The molecule has 2 heterocycles. The number of nitrogens with zero attached hydrogens (tertiary/aromatic N) is 2. The van der Waals surface area contributed by atoms with Gasteiger partial charge in [0.15, 0.2) is 0 Å². The number of nitrogens with one attached hydrogen (secondary N) is 2. The summed E-state index contributed by atoms with van der Waals surface area (Å²) in [4.78, 5) is 13.4. The Morgan fingerprint density at radius 1 is 1.33 bits per heavy atom. The van der Waals surface area contributed by atoms with Gasteiger partial charge in [0.05, 0.1) is 17.6 Å². The zero-order valence-electron chi connectivity index (χ0n) is 10.1. The molecule has 0 saturated heterocycles. The number of imidazole rings is 1. The molecule has 0 unspecified atom stereocenters.